The summed E-state index contributed by atoms with van der Waals surface area (Å²) in [4.78, 5) is 16.7. The van der Waals surface area contributed by atoms with E-state index in [-0.39, 0.29) is 0 Å². The lowest BCUT2D eigenvalue weighted by Gasteiger charge is -2.25. The van der Waals surface area contributed by atoms with E-state index in [1.165, 1.54) is 6.26 Å². The Labute approximate surface area is 88.0 Å². The lowest BCUT2D eigenvalue weighted by atomic mass is 10.3. The Hall–Kier alpha value is -1.20. The molecule has 0 unspecified atom stereocenters. The monoisotopic (exact) mass is 210 g/mol. The standard InChI is InChI=1S/C10H14N2O3/c13-7-9-8-15-10(11-9)1-2-12-3-5-14-6-4-12/h7-8H,1-6H2. The first kappa shape index (κ1) is 10.3. The second-order valence-corrected chi connectivity index (χ2v) is 3.49. The van der Waals surface area contributed by atoms with Crippen LogP contribution in [0.3, 0.4) is 0 Å². The number of aldehydes is 1. The van der Waals surface area contributed by atoms with Crippen molar-refractivity contribution in [1.82, 2.24) is 9.88 Å². The number of nitrogens with zero attached hydrogens (tertiary/aromatic N) is 2. The van der Waals surface area contributed by atoms with Gasteiger partial charge in [-0.1, -0.05) is 0 Å². The second kappa shape index (κ2) is 5.04. The summed E-state index contributed by atoms with van der Waals surface area (Å²) in [7, 11) is 0. The minimum Gasteiger partial charge on any atom is -0.448 e. The van der Waals surface area contributed by atoms with Crippen LogP contribution in [0.5, 0.6) is 0 Å². The molecular weight excluding hydrogens is 196 g/mol. The molecule has 1 aliphatic heterocycles. The first-order valence-corrected chi connectivity index (χ1v) is 5.08. The predicted octanol–water partition coefficient (Wildman–Crippen LogP) is 0.362. The number of carbonyl (C=O) groups is 1. The van der Waals surface area contributed by atoms with E-state index in [0.29, 0.717) is 17.9 Å². The Morgan fingerprint density at radius 3 is 2.93 bits per heavy atom. The number of ether oxygens (including phenoxy) is 1. The molecule has 82 valence electrons. The molecule has 0 N–H and O–H groups in total. The van der Waals surface area contributed by atoms with E-state index in [0.717, 1.165) is 39.3 Å². The molecule has 2 heterocycles. The number of rotatable bonds is 4. The van der Waals surface area contributed by atoms with E-state index in [4.69, 9.17) is 9.15 Å². The third kappa shape index (κ3) is 2.87. The summed E-state index contributed by atoms with van der Waals surface area (Å²) in [5.41, 5.74) is 0.368. The number of carbonyl (C=O) groups excluding carboxylic acids is 1. The summed E-state index contributed by atoms with van der Waals surface area (Å²) in [5.74, 6) is 0.628. The highest BCUT2D eigenvalue weighted by atomic mass is 16.5. The van der Waals surface area contributed by atoms with Gasteiger partial charge in [0, 0.05) is 26.1 Å². The third-order valence-electron chi connectivity index (χ3n) is 2.44. The maximum Gasteiger partial charge on any atom is 0.195 e. The molecule has 1 aliphatic rings. The second-order valence-electron chi connectivity index (χ2n) is 3.49. The minimum atomic E-state index is 0.368. The number of oxazole rings is 1. The van der Waals surface area contributed by atoms with Crippen LogP contribution in [0.15, 0.2) is 10.7 Å². The molecule has 1 aromatic heterocycles. The number of hydrogen-bond acceptors (Lipinski definition) is 5. The molecule has 1 fully saturated rings. The van der Waals surface area contributed by atoms with Gasteiger partial charge in [-0.2, -0.15) is 0 Å². The fourth-order valence-corrected chi connectivity index (χ4v) is 1.57. The summed E-state index contributed by atoms with van der Waals surface area (Å²) >= 11 is 0. The highest BCUT2D eigenvalue weighted by Gasteiger charge is 2.11. The van der Waals surface area contributed by atoms with E-state index >= 15 is 0 Å². The van der Waals surface area contributed by atoms with Crippen LogP contribution in [0.25, 0.3) is 0 Å². The largest absolute Gasteiger partial charge is 0.448 e. The zero-order chi connectivity index (χ0) is 10.5. The van der Waals surface area contributed by atoms with Gasteiger partial charge < -0.3 is 9.15 Å². The Morgan fingerprint density at radius 2 is 2.27 bits per heavy atom. The molecule has 0 saturated carbocycles. The normalized spacial score (nSPS) is 17.9. The van der Waals surface area contributed by atoms with E-state index in [1.54, 1.807) is 0 Å². The topological polar surface area (TPSA) is 55.6 Å². The van der Waals surface area contributed by atoms with Gasteiger partial charge in [-0.05, 0) is 0 Å². The lowest BCUT2D eigenvalue weighted by molar-refractivity contribution is 0.0377. The smallest absolute Gasteiger partial charge is 0.195 e. The third-order valence-corrected chi connectivity index (χ3v) is 2.44. The molecule has 15 heavy (non-hydrogen) atoms. The van der Waals surface area contributed by atoms with Crippen LogP contribution < -0.4 is 0 Å². The number of hydrogen-bond donors (Lipinski definition) is 0. The van der Waals surface area contributed by atoms with E-state index in [9.17, 15) is 4.79 Å². The van der Waals surface area contributed by atoms with Crippen LogP contribution in [0.1, 0.15) is 16.4 Å². The Balaban J connectivity index is 1.79. The quantitative estimate of drug-likeness (QED) is 0.672. The van der Waals surface area contributed by atoms with Crippen molar-refractivity contribution in [2.75, 3.05) is 32.8 Å². The summed E-state index contributed by atoms with van der Waals surface area (Å²) in [5, 5.41) is 0. The minimum absolute atomic E-state index is 0.368. The van der Waals surface area contributed by atoms with Crippen molar-refractivity contribution in [3.8, 4) is 0 Å². The Bertz CT molecular complexity index is 318. The van der Waals surface area contributed by atoms with Crippen molar-refractivity contribution in [1.29, 1.82) is 0 Å². The molecule has 0 radical (unpaired) electrons. The molecule has 0 amide bonds. The summed E-state index contributed by atoms with van der Waals surface area (Å²) in [6, 6.07) is 0. The molecule has 1 aromatic rings. The average Bonchev–Trinajstić information content (AvgIpc) is 2.76. The van der Waals surface area contributed by atoms with Crippen molar-refractivity contribution in [2.24, 2.45) is 0 Å². The fraction of sp³-hybridized carbons (Fsp3) is 0.600. The SMILES string of the molecule is O=Cc1coc(CCN2CCOCC2)n1. The maximum absolute atomic E-state index is 10.4. The Kier molecular flexibility index (Phi) is 3.47. The van der Waals surface area contributed by atoms with Gasteiger partial charge in [0.15, 0.2) is 12.2 Å². The Morgan fingerprint density at radius 1 is 1.47 bits per heavy atom. The molecule has 0 spiro atoms. The van der Waals surface area contributed by atoms with Crippen molar-refractivity contribution in [2.45, 2.75) is 6.42 Å². The van der Waals surface area contributed by atoms with Gasteiger partial charge in [-0.3, -0.25) is 9.69 Å². The first-order chi connectivity index (χ1) is 7.38. The lowest BCUT2D eigenvalue weighted by Crippen LogP contribution is -2.37. The molecule has 5 heteroatoms. The molecule has 0 bridgehead atoms. The van der Waals surface area contributed by atoms with Crippen molar-refractivity contribution in [3.63, 3.8) is 0 Å². The summed E-state index contributed by atoms with van der Waals surface area (Å²) in [6.45, 7) is 4.42. The molecule has 0 aliphatic carbocycles. The van der Waals surface area contributed by atoms with E-state index in [2.05, 4.69) is 9.88 Å². The molecular formula is C10H14N2O3. The van der Waals surface area contributed by atoms with Gasteiger partial charge in [0.1, 0.15) is 12.0 Å². The molecule has 5 nitrogen and oxygen atoms in total. The van der Waals surface area contributed by atoms with Crippen molar-refractivity contribution < 1.29 is 13.9 Å². The highest BCUT2D eigenvalue weighted by Crippen LogP contribution is 2.03. The molecule has 0 atom stereocenters. The van der Waals surface area contributed by atoms with Crippen LogP contribution in [0, 0.1) is 0 Å². The van der Waals surface area contributed by atoms with Gasteiger partial charge in [-0.15, -0.1) is 0 Å². The van der Waals surface area contributed by atoms with E-state index < -0.39 is 0 Å². The van der Waals surface area contributed by atoms with Gasteiger partial charge >= 0.3 is 0 Å². The van der Waals surface area contributed by atoms with Gasteiger partial charge in [-0.25, -0.2) is 4.98 Å². The zero-order valence-electron chi connectivity index (χ0n) is 8.52. The number of aromatic nitrogens is 1. The van der Waals surface area contributed by atoms with Crippen LogP contribution in [-0.4, -0.2) is 49.0 Å². The molecule has 2 rings (SSSR count). The summed E-state index contributed by atoms with van der Waals surface area (Å²) in [6.07, 6.45) is 2.83. The van der Waals surface area contributed by atoms with Crippen LogP contribution >= 0.6 is 0 Å². The van der Waals surface area contributed by atoms with Gasteiger partial charge in [0.2, 0.25) is 0 Å². The van der Waals surface area contributed by atoms with E-state index in [1.807, 2.05) is 0 Å². The zero-order valence-corrected chi connectivity index (χ0v) is 8.52. The van der Waals surface area contributed by atoms with Crippen LogP contribution in [-0.2, 0) is 11.2 Å². The first-order valence-electron chi connectivity index (χ1n) is 5.08. The molecule has 1 saturated heterocycles. The predicted molar refractivity (Wildman–Crippen MR) is 52.9 cm³/mol. The van der Waals surface area contributed by atoms with Gasteiger partial charge in [0.05, 0.1) is 13.2 Å². The maximum atomic E-state index is 10.4. The van der Waals surface area contributed by atoms with Gasteiger partial charge in [0.25, 0.3) is 0 Å². The van der Waals surface area contributed by atoms with Crippen LogP contribution in [0.4, 0.5) is 0 Å². The fourth-order valence-electron chi connectivity index (χ4n) is 1.57. The van der Waals surface area contributed by atoms with Crippen LogP contribution in [0.2, 0.25) is 0 Å². The molecule has 0 aromatic carbocycles. The summed E-state index contributed by atoms with van der Waals surface area (Å²) < 4.78 is 10.4. The van der Waals surface area contributed by atoms with Crippen molar-refractivity contribution in [3.05, 3.63) is 17.8 Å². The highest BCUT2D eigenvalue weighted by molar-refractivity contribution is 5.70. The van der Waals surface area contributed by atoms with Crippen molar-refractivity contribution >= 4 is 6.29 Å². The average molecular weight is 210 g/mol. The number of morpholine rings is 1.